The lowest BCUT2D eigenvalue weighted by Gasteiger charge is -2.10. The maximum absolute atomic E-state index is 10.0. The normalized spacial score (nSPS) is 12.1. The van der Waals surface area contributed by atoms with Gasteiger partial charge in [0.25, 0.3) is 0 Å². The van der Waals surface area contributed by atoms with Gasteiger partial charge in [-0.1, -0.05) is 0 Å². The van der Waals surface area contributed by atoms with Crippen LogP contribution in [-0.2, 0) is 6.42 Å². The summed E-state index contributed by atoms with van der Waals surface area (Å²) < 4.78 is 5.00. The predicted octanol–water partition coefficient (Wildman–Crippen LogP) is 1.16. The van der Waals surface area contributed by atoms with Crippen LogP contribution in [0.4, 0.5) is 0 Å². The van der Waals surface area contributed by atoms with Crippen molar-refractivity contribution in [2.75, 3.05) is 7.11 Å². The van der Waals surface area contributed by atoms with E-state index in [1.807, 2.05) is 0 Å². The molecule has 5 nitrogen and oxygen atoms in total. The molecule has 1 unspecified atom stereocenters. The summed E-state index contributed by atoms with van der Waals surface area (Å²) in [4.78, 5) is 11.9. The number of methoxy groups -OCH3 is 1. The first kappa shape index (κ1) is 11.5. The zero-order valence-corrected chi connectivity index (χ0v) is 9.45. The number of hydrogen-bond acceptors (Lipinski definition) is 5. The lowest BCUT2D eigenvalue weighted by molar-refractivity contribution is 0.177. The molecule has 0 spiro atoms. The predicted molar refractivity (Wildman–Crippen MR) is 61.5 cm³/mol. The van der Waals surface area contributed by atoms with Crippen LogP contribution < -0.4 is 4.74 Å². The highest BCUT2D eigenvalue weighted by atomic mass is 16.5. The molecule has 2 heterocycles. The van der Waals surface area contributed by atoms with E-state index in [1.165, 1.54) is 6.33 Å². The molecule has 2 rings (SSSR count). The maximum Gasteiger partial charge on any atom is 0.216 e. The van der Waals surface area contributed by atoms with Crippen molar-refractivity contribution in [3.63, 3.8) is 0 Å². The second-order valence-electron chi connectivity index (χ2n) is 3.55. The molecule has 0 radical (unpaired) electrons. The Kier molecular flexibility index (Phi) is 3.62. The van der Waals surface area contributed by atoms with Crippen LogP contribution in [0.15, 0.2) is 36.9 Å². The summed E-state index contributed by atoms with van der Waals surface area (Å²) in [7, 11) is 1.55. The molecule has 0 aliphatic heterocycles. The highest BCUT2D eigenvalue weighted by molar-refractivity contribution is 5.18. The first-order valence-corrected chi connectivity index (χ1v) is 5.22. The van der Waals surface area contributed by atoms with Gasteiger partial charge in [0, 0.05) is 24.9 Å². The van der Waals surface area contributed by atoms with Gasteiger partial charge in [0.2, 0.25) is 5.88 Å². The Morgan fingerprint density at radius 3 is 2.76 bits per heavy atom. The molecule has 1 N–H and O–H groups in total. The standard InChI is InChI=1S/C12H13N3O2/c1-17-12-7-10(14-8-15-12)6-11(16)9-2-4-13-5-3-9/h2-5,7-8,11,16H,6H2,1H3. The first-order chi connectivity index (χ1) is 8.29. The molecule has 1 atom stereocenters. The van der Waals surface area contributed by atoms with E-state index in [2.05, 4.69) is 15.0 Å². The molecule has 0 aromatic carbocycles. The Bertz CT molecular complexity index is 476. The minimum Gasteiger partial charge on any atom is -0.481 e. The van der Waals surface area contributed by atoms with Crippen LogP contribution in [-0.4, -0.2) is 27.2 Å². The van der Waals surface area contributed by atoms with Gasteiger partial charge in [-0.15, -0.1) is 0 Å². The van der Waals surface area contributed by atoms with Crippen LogP contribution in [0, 0.1) is 0 Å². The SMILES string of the molecule is COc1cc(CC(O)c2ccncc2)ncn1. The largest absolute Gasteiger partial charge is 0.481 e. The summed E-state index contributed by atoms with van der Waals surface area (Å²) in [5, 5.41) is 10.0. The molecule has 5 heteroatoms. The summed E-state index contributed by atoms with van der Waals surface area (Å²) >= 11 is 0. The molecule has 0 amide bonds. The minimum absolute atomic E-state index is 0.420. The molecule has 0 fully saturated rings. The Morgan fingerprint density at radius 2 is 2.06 bits per heavy atom. The lowest BCUT2D eigenvalue weighted by atomic mass is 10.1. The van der Waals surface area contributed by atoms with E-state index >= 15 is 0 Å². The second kappa shape index (κ2) is 5.36. The smallest absolute Gasteiger partial charge is 0.216 e. The van der Waals surface area contributed by atoms with Crippen LogP contribution in [0.25, 0.3) is 0 Å². The lowest BCUT2D eigenvalue weighted by Crippen LogP contribution is -2.04. The molecule has 0 saturated carbocycles. The number of ether oxygens (including phenoxy) is 1. The highest BCUT2D eigenvalue weighted by Gasteiger charge is 2.09. The molecule has 0 saturated heterocycles. The summed E-state index contributed by atoms with van der Waals surface area (Å²) in [6.45, 7) is 0. The van der Waals surface area contributed by atoms with Crippen molar-refractivity contribution < 1.29 is 9.84 Å². The second-order valence-corrected chi connectivity index (χ2v) is 3.55. The van der Waals surface area contributed by atoms with Gasteiger partial charge in [-0.25, -0.2) is 9.97 Å². The van der Waals surface area contributed by atoms with E-state index in [0.29, 0.717) is 12.3 Å². The zero-order valence-electron chi connectivity index (χ0n) is 9.45. The Hall–Kier alpha value is -2.01. The van der Waals surface area contributed by atoms with Gasteiger partial charge in [0.05, 0.1) is 18.9 Å². The molecule has 2 aromatic heterocycles. The monoisotopic (exact) mass is 231 g/mol. The van der Waals surface area contributed by atoms with Crippen molar-refractivity contribution in [1.29, 1.82) is 0 Å². The summed E-state index contributed by atoms with van der Waals surface area (Å²) in [5.41, 5.74) is 1.55. The van der Waals surface area contributed by atoms with Crippen LogP contribution in [0.1, 0.15) is 17.4 Å². The zero-order chi connectivity index (χ0) is 12.1. The molecule has 17 heavy (non-hydrogen) atoms. The average Bonchev–Trinajstić information content (AvgIpc) is 2.40. The third-order valence-corrected chi connectivity index (χ3v) is 2.40. The number of hydrogen-bond donors (Lipinski definition) is 1. The van der Waals surface area contributed by atoms with Gasteiger partial charge in [0.1, 0.15) is 6.33 Å². The Labute approximate surface area is 99.2 Å². The van der Waals surface area contributed by atoms with Crippen molar-refractivity contribution in [1.82, 2.24) is 15.0 Å². The van der Waals surface area contributed by atoms with Gasteiger partial charge in [-0.05, 0) is 17.7 Å². The summed E-state index contributed by atoms with van der Waals surface area (Å²) in [6.07, 6.45) is 4.55. The maximum atomic E-state index is 10.0. The van der Waals surface area contributed by atoms with Crippen molar-refractivity contribution >= 4 is 0 Å². The number of rotatable bonds is 4. The van der Waals surface area contributed by atoms with Crippen LogP contribution in [0.5, 0.6) is 5.88 Å². The Morgan fingerprint density at radius 1 is 1.29 bits per heavy atom. The highest BCUT2D eigenvalue weighted by Crippen LogP contribution is 2.17. The molecule has 2 aromatic rings. The number of nitrogens with zero attached hydrogens (tertiary/aromatic N) is 3. The van der Waals surface area contributed by atoms with E-state index < -0.39 is 6.10 Å². The fourth-order valence-electron chi connectivity index (χ4n) is 1.50. The van der Waals surface area contributed by atoms with E-state index in [9.17, 15) is 5.11 Å². The fraction of sp³-hybridized carbons (Fsp3) is 0.250. The molecule has 0 aliphatic rings. The molecular formula is C12H13N3O2. The molecular weight excluding hydrogens is 218 g/mol. The van der Waals surface area contributed by atoms with Crippen molar-refractivity contribution in [2.45, 2.75) is 12.5 Å². The van der Waals surface area contributed by atoms with E-state index in [1.54, 1.807) is 37.7 Å². The quantitative estimate of drug-likeness (QED) is 0.855. The van der Waals surface area contributed by atoms with Crippen molar-refractivity contribution in [3.8, 4) is 5.88 Å². The molecule has 0 aliphatic carbocycles. The minimum atomic E-state index is -0.599. The van der Waals surface area contributed by atoms with E-state index in [0.717, 1.165) is 11.3 Å². The Balaban J connectivity index is 2.10. The van der Waals surface area contributed by atoms with Crippen molar-refractivity contribution in [3.05, 3.63) is 48.2 Å². The summed E-state index contributed by atoms with van der Waals surface area (Å²) in [6, 6.07) is 5.27. The van der Waals surface area contributed by atoms with Gasteiger partial charge >= 0.3 is 0 Å². The number of aromatic nitrogens is 3. The number of aliphatic hydroxyl groups is 1. The summed E-state index contributed by atoms with van der Waals surface area (Å²) in [5.74, 6) is 0.497. The first-order valence-electron chi connectivity index (χ1n) is 5.22. The van der Waals surface area contributed by atoms with Crippen molar-refractivity contribution in [2.24, 2.45) is 0 Å². The van der Waals surface area contributed by atoms with Crippen LogP contribution in [0.2, 0.25) is 0 Å². The van der Waals surface area contributed by atoms with Gasteiger partial charge in [-0.3, -0.25) is 4.98 Å². The van der Waals surface area contributed by atoms with Gasteiger partial charge in [0.15, 0.2) is 0 Å². The van der Waals surface area contributed by atoms with E-state index in [4.69, 9.17) is 4.74 Å². The van der Waals surface area contributed by atoms with Crippen LogP contribution in [0.3, 0.4) is 0 Å². The third-order valence-electron chi connectivity index (χ3n) is 2.40. The fourth-order valence-corrected chi connectivity index (χ4v) is 1.50. The van der Waals surface area contributed by atoms with Crippen LogP contribution >= 0.6 is 0 Å². The van der Waals surface area contributed by atoms with E-state index in [-0.39, 0.29) is 0 Å². The molecule has 0 bridgehead atoms. The topological polar surface area (TPSA) is 68.1 Å². The number of pyridine rings is 1. The number of aliphatic hydroxyl groups excluding tert-OH is 1. The van der Waals surface area contributed by atoms with Gasteiger partial charge < -0.3 is 9.84 Å². The average molecular weight is 231 g/mol. The molecule has 88 valence electrons. The third kappa shape index (κ3) is 2.98. The van der Waals surface area contributed by atoms with Gasteiger partial charge in [-0.2, -0.15) is 0 Å².